The van der Waals surface area contributed by atoms with Crippen molar-refractivity contribution in [2.24, 2.45) is 0 Å². The maximum Gasteiger partial charge on any atom is 0.253 e. The molecular weight excluding hydrogens is 458 g/mol. The van der Waals surface area contributed by atoms with E-state index in [0.717, 1.165) is 23.3 Å². The van der Waals surface area contributed by atoms with Crippen LogP contribution in [0.4, 0.5) is 0 Å². The highest BCUT2D eigenvalue weighted by Crippen LogP contribution is 2.28. The molecular formula is C24H33N3O4S2. The minimum absolute atomic E-state index is 0.0415. The second-order valence-corrected chi connectivity index (χ2v) is 12.0. The van der Waals surface area contributed by atoms with Crippen LogP contribution in [-0.4, -0.2) is 55.1 Å². The van der Waals surface area contributed by atoms with Crippen molar-refractivity contribution in [3.8, 4) is 0 Å². The van der Waals surface area contributed by atoms with E-state index in [0.29, 0.717) is 12.5 Å². The average molecular weight is 492 g/mol. The van der Waals surface area contributed by atoms with Crippen molar-refractivity contribution in [3.05, 3.63) is 52.4 Å². The van der Waals surface area contributed by atoms with Crippen LogP contribution < -0.4 is 5.32 Å². The number of aryl methyl sites for hydroxylation is 1. The van der Waals surface area contributed by atoms with Gasteiger partial charge >= 0.3 is 0 Å². The summed E-state index contributed by atoms with van der Waals surface area (Å²) in [4.78, 5) is 27.7. The smallest absolute Gasteiger partial charge is 0.253 e. The molecule has 0 saturated carbocycles. The molecule has 33 heavy (non-hydrogen) atoms. The molecule has 0 spiro atoms. The highest BCUT2D eigenvalue weighted by atomic mass is 32.2. The number of hydrogen-bond acceptors (Lipinski definition) is 5. The van der Waals surface area contributed by atoms with Crippen molar-refractivity contribution in [2.45, 2.75) is 63.3 Å². The molecule has 1 aliphatic rings. The number of carbonyl (C=O) groups is 2. The maximum atomic E-state index is 13.4. The number of thiophene rings is 1. The average Bonchev–Trinajstić information content (AvgIpc) is 3.27. The summed E-state index contributed by atoms with van der Waals surface area (Å²) in [5, 5.41) is 2.88. The molecule has 2 heterocycles. The van der Waals surface area contributed by atoms with Gasteiger partial charge in [-0.2, -0.15) is 4.31 Å². The Kier molecular flexibility index (Phi) is 8.31. The zero-order valence-electron chi connectivity index (χ0n) is 19.7. The molecule has 9 heteroatoms. The molecule has 1 atom stereocenters. The van der Waals surface area contributed by atoms with Gasteiger partial charge in [0.25, 0.3) is 10.0 Å². The Labute approximate surface area is 200 Å². The van der Waals surface area contributed by atoms with Crippen LogP contribution >= 0.6 is 11.3 Å². The Morgan fingerprint density at radius 3 is 2.42 bits per heavy atom. The van der Waals surface area contributed by atoms with E-state index in [1.165, 1.54) is 33.0 Å². The number of piperazine rings is 1. The standard InChI is InChI=1S/C24H33N3O4S2/c1-5-6-21-11-12-23(32-21)33(30,31)27-14-13-26(18(4)28)16-22(27)24(29)25-15-19-7-9-20(10-8-19)17(2)3/h7-12,17,22H,5-6,13-16H2,1-4H3,(H,25,29)/t22-/m1/s1. The highest BCUT2D eigenvalue weighted by molar-refractivity contribution is 7.91. The van der Waals surface area contributed by atoms with E-state index in [2.05, 4.69) is 19.2 Å². The summed E-state index contributed by atoms with van der Waals surface area (Å²) < 4.78 is 28.3. The molecule has 3 rings (SSSR count). The van der Waals surface area contributed by atoms with Crippen molar-refractivity contribution in [1.29, 1.82) is 0 Å². The molecule has 1 fully saturated rings. The molecule has 2 aromatic rings. The lowest BCUT2D eigenvalue weighted by molar-refractivity contribution is -0.134. The molecule has 1 aromatic carbocycles. The number of rotatable bonds is 8. The first-order valence-corrected chi connectivity index (χ1v) is 13.6. The first kappa shape index (κ1) is 25.4. The number of nitrogens with one attached hydrogen (secondary N) is 1. The normalized spacial score (nSPS) is 17.4. The second-order valence-electron chi connectivity index (χ2n) is 8.68. The molecule has 0 bridgehead atoms. The second kappa shape index (κ2) is 10.8. The Morgan fingerprint density at radius 1 is 1.12 bits per heavy atom. The summed E-state index contributed by atoms with van der Waals surface area (Å²) in [7, 11) is -3.85. The lowest BCUT2D eigenvalue weighted by Crippen LogP contribution is -2.61. The predicted octanol–water partition coefficient (Wildman–Crippen LogP) is 3.36. The van der Waals surface area contributed by atoms with E-state index in [4.69, 9.17) is 0 Å². The molecule has 0 radical (unpaired) electrons. The number of benzene rings is 1. The van der Waals surface area contributed by atoms with Gasteiger partial charge in [0.15, 0.2) is 0 Å². The van der Waals surface area contributed by atoms with E-state index in [-0.39, 0.29) is 29.8 Å². The summed E-state index contributed by atoms with van der Waals surface area (Å²) in [6.45, 7) is 8.41. The zero-order valence-corrected chi connectivity index (χ0v) is 21.3. The van der Waals surface area contributed by atoms with Gasteiger partial charge in [0, 0.05) is 38.0 Å². The van der Waals surface area contributed by atoms with Gasteiger partial charge in [0.05, 0.1) is 0 Å². The number of amides is 2. The van der Waals surface area contributed by atoms with Crippen molar-refractivity contribution >= 4 is 33.2 Å². The van der Waals surface area contributed by atoms with Crippen LogP contribution in [0.1, 0.15) is 56.0 Å². The van der Waals surface area contributed by atoms with Crippen LogP contribution in [-0.2, 0) is 32.6 Å². The van der Waals surface area contributed by atoms with Gasteiger partial charge in [0.2, 0.25) is 11.8 Å². The van der Waals surface area contributed by atoms with E-state index < -0.39 is 22.0 Å². The lowest BCUT2D eigenvalue weighted by Gasteiger charge is -2.39. The fourth-order valence-corrected chi connectivity index (χ4v) is 7.03. The topological polar surface area (TPSA) is 86.8 Å². The minimum atomic E-state index is -3.85. The highest BCUT2D eigenvalue weighted by Gasteiger charge is 2.41. The summed E-state index contributed by atoms with van der Waals surface area (Å²) in [5.41, 5.74) is 2.15. The van der Waals surface area contributed by atoms with Crippen molar-refractivity contribution in [2.75, 3.05) is 19.6 Å². The van der Waals surface area contributed by atoms with Gasteiger partial charge in [-0.25, -0.2) is 8.42 Å². The van der Waals surface area contributed by atoms with Gasteiger partial charge < -0.3 is 10.2 Å². The van der Waals surface area contributed by atoms with Crippen LogP contribution in [0.25, 0.3) is 0 Å². The molecule has 1 saturated heterocycles. The van der Waals surface area contributed by atoms with Crippen molar-refractivity contribution in [3.63, 3.8) is 0 Å². The van der Waals surface area contributed by atoms with Gasteiger partial charge in [-0.15, -0.1) is 11.3 Å². The molecule has 1 aromatic heterocycles. The third-order valence-corrected chi connectivity index (χ3v) is 9.41. The quantitative estimate of drug-likeness (QED) is 0.613. The number of hydrogen-bond donors (Lipinski definition) is 1. The van der Waals surface area contributed by atoms with Crippen molar-refractivity contribution < 1.29 is 18.0 Å². The number of carbonyl (C=O) groups excluding carboxylic acids is 2. The summed E-state index contributed by atoms with van der Waals surface area (Å²) in [6, 6.07) is 10.5. The fraction of sp³-hybridized carbons (Fsp3) is 0.500. The predicted molar refractivity (Wildman–Crippen MR) is 131 cm³/mol. The van der Waals surface area contributed by atoms with Crippen LogP contribution in [0, 0.1) is 0 Å². The van der Waals surface area contributed by atoms with E-state index in [1.54, 1.807) is 6.07 Å². The van der Waals surface area contributed by atoms with Gasteiger partial charge in [0.1, 0.15) is 10.3 Å². The first-order chi connectivity index (χ1) is 15.6. The largest absolute Gasteiger partial charge is 0.351 e. The number of sulfonamides is 1. The van der Waals surface area contributed by atoms with Crippen LogP contribution in [0.2, 0.25) is 0 Å². The fourth-order valence-electron chi connectivity index (χ4n) is 3.87. The molecule has 0 aliphatic carbocycles. The van der Waals surface area contributed by atoms with Crippen molar-refractivity contribution in [1.82, 2.24) is 14.5 Å². The van der Waals surface area contributed by atoms with E-state index >= 15 is 0 Å². The minimum Gasteiger partial charge on any atom is -0.351 e. The Hall–Kier alpha value is -2.23. The van der Waals surface area contributed by atoms with E-state index in [9.17, 15) is 18.0 Å². The Bertz CT molecular complexity index is 1080. The SMILES string of the molecule is CCCc1ccc(S(=O)(=O)N2CCN(C(C)=O)C[C@@H]2C(=O)NCc2ccc(C(C)C)cc2)s1. The molecule has 2 amide bonds. The Morgan fingerprint density at radius 2 is 1.82 bits per heavy atom. The van der Waals surface area contributed by atoms with Gasteiger partial charge in [-0.1, -0.05) is 51.5 Å². The molecule has 7 nitrogen and oxygen atoms in total. The molecule has 180 valence electrons. The third kappa shape index (κ3) is 6.02. The molecule has 1 aliphatic heterocycles. The van der Waals surface area contributed by atoms with Gasteiger partial charge in [-0.05, 0) is 35.6 Å². The Balaban J connectivity index is 1.79. The van der Waals surface area contributed by atoms with Crippen LogP contribution in [0.15, 0.2) is 40.6 Å². The lowest BCUT2D eigenvalue weighted by atomic mass is 10.0. The van der Waals surface area contributed by atoms with Gasteiger partial charge in [-0.3, -0.25) is 9.59 Å². The summed E-state index contributed by atoms with van der Waals surface area (Å²) in [6.07, 6.45) is 1.75. The number of nitrogens with zero attached hydrogens (tertiary/aromatic N) is 2. The summed E-state index contributed by atoms with van der Waals surface area (Å²) in [5.74, 6) is -0.152. The zero-order chi connectivity index (χ0) is 24.2. The molecule has 0 unspecified atom stereocenters. The van der Waals surface area contributed by atoms with Crippen LogP contribution in [0.5, 0.6) is 0 Å². The third-order valence-electron chi connectivity index (χ3n) is 5.89. The first-order valence-electron chi connectivity index (χ1n) is 11.4. The maximum absolute atomic E-state index is 13.4. The molecule has 1 N–H and O–H groups in total. The monoisotopic (exact) mass is 491 g/mol. The van der Waals surface area contributed by atoms with E-state index in [1.807, 2.05) is 37.3 Å². The summed E-state index contributed by atoms with van der Waals surface area (Å²) >= 11 is 1.25. The van der Waals surface area contributed by atoms with Crippen LogP contribution in [0.3, 0.4) is 0 Å².